The lowest BCUT2D eigenvalue weighted by atomic mass is 10.2. The van der Waals surface area contributed by atoms with E-state index in [0.29, 0.717) is 4.88 Å². The number of carbonyl (C=O) groups excluding carboxylic acids is 1. The number of carbonyl (C=O) groups is 1. The number of rotatable bonds is 3. The van der Waals surface area contributed by atoms with Gasteiger partial charge in [0.25, 0.3) is 5.91 Å². The molecule has 2 heterocycles. The Morgan fingerprint density at radius 1 is 1.40 bits per heavy atom. The van der Waals surface area contributed by atoms with Crippen LogP contribution in [0.25, 0.3) is 0 Å². The molecule has 108 valence electrons. The SMILES string of the molecule is CCCN1CCN(C(=O)c2sccc2C#CCO)CC1. The molecule has 1 N–H and O–H groups in total. The summed E-state index contributed by atoms with van der Waals surface area (Å²) >= 11 is 1.42. The van der Waals surface area contributed by atoms with E-state index in [2.05, 4.69) is 23.7 Å². The molecule has 1 aromatic rings. The molecule has 0 atom stereocenters. The van der Waals surface area contributed by atoms with Crippen LogP contribution < -0.4 is 0 Å². The molecule has 1 fully saturated rings. The van der Waals surface area contributed by atoms with Crippen molar-refractivity contribution >= 4 is 17.2 Å². The highest BCUT2D eigenvalue weighted by Crippen LogP contribution is 2.19. The molecule has 2 rings (SSSR count). The zero-order chi connectivity index (χ0) is 14.4. The van der Waals surface area contributed by atoms with E-state index in [1.807, 2.05) is 16.3 Å². The number of aliphatic hydroxyl groups is 1. The Morgan fingerprint density at radius 2 is 2.15 bits per heavy atom. The zero-order valence-electron chi connectivity index (χ0n) is 11.8. The molecule has 1 saturated heterocycles. The predicted octanol–water partition coefficient (Wildman–Crippen LogP) is 1.26. The van der Waals surface area contributed by atoms with Crippen LogP contribution in [0, 0.1) is 11.8 Å². The van der Waals surface area contributed by atoms with Gasteiger partial charge in [-0.25, -0.2) is 0 Å². The minimum absolute atomic E-state index is 0.0680. The Hall–Kier alpha value is -1.35. The second-order valence-corrected chi connectivity index (χ2v) is 5.67. The molecule has 0 radical (unpaired) electrons. The molecule has 20 heavy (non-hydrogen) atoms. The molecular weight excluding hydrogens is 272 g/mol. The number of thiophene rings is 1. The monoisotopic (exact) mass is 292 g/mol. The molecule has 0 aliphatic carbocycles. The van der Waals surface area contributed by atoms with E-state index in [0.717, 1.165) is 44.7 Å². The van der Waals surface area contributed by atoms with E-state index in [4.69, 9.17) is 5.11 Å². The molecular formula is C15H20N2O2S. The van der Waals surface area contributed by atoms with Crippen LogP contribution >= 0.6 is 11.3 Å². The summed E-state index contributed by atoms with van der Waals surface area (Å²) in [7, 11) is 0. The lowest BCUT2D eigenvalue weighted by Gasteiger charge is -2.34. The maximum Gasteiger partial charge on any atom is 0.265 e. The third-order valence-electron chi connectivity index (χ3n) is 3.36. The van der Waals surface area contributed by atoms with Crippen LogP contribution in [0.3, 0.4) is 0 Å². The normalized spacial score (nSPS) is 15.8. The topological polar surface area (TPSA) is 43.8 Å². The van der Waals surface area contributed by atoms with Gasteiger partial charge in [-0.15, -0.1) is 11.3 Å². The van der Waals surface area contributed by atoms with E-state index in [-0.39, 0.29) is 12.5 Å². The first kappa shape index (κ1) is 15.0. The first-order chi connectivity index (χ1) is 9.76. The van der Waals surface area contributed by atoms with Gasteiger partial charge in [-0.2, -0.15) is 0 Å². The number of aliphatic hydroxyl groups excluding tert-OH is 1. The van der Waals surface area contributed by atoms with Gasteiger partial charge in [0, 0.05) is 31.7 Å². The molecule has 1 aliphatic heterocycles. The van der Waals surface area contributed by atoms with Crippen LogP contribution in [0.5, 0.6) is 0 Å². The van der Waals surface area contributed by atoms with Gasteiger partial charge in [0.1, 0.15) is 11.5 Å². The summed E-state index contributed by atoms with van der Waals surface area (Å²) < 4.78 is 0. The second-order valence-electron chi connectivity index (χ2n) is 4.76. The van der Waals surface area contributed by atoms with Crippen LogP contribution in [0.4, 0.5) is 0 Å². The van der Waals surface area contributed by atoms with Crippen molar-refractivity contribution in [3.8, 4) is 11.8 Å². The lowest BCUT2D eigenvalue weighted by molar-refractivity contribution is 0.0642. The molecule has 1 aliphatic rings. The van der Waals surface area contributed by atoms with Crippen molar-refractivity contribution in [2.24, 2.45) is 0 Å². The number of hydrogen-bond donors (Lipinski definition) is 1. The van der Waals surface area contributed by atoms with Gasteiger partial charge in [-0.1, -0.05) is 18.8 Å². The number of piperazine rings is 1. The largest absolute Gasteiger partial charge is 0.384 e. The van der Waals surface area contributed by atoms with Crippen molar-refractivity contribution in [1.82, 2.24) is 9.80 Å². The van der Waals surface area contributed by atoms with Crippen LogP contribution in [0.2, 0.25) is 0 Å². The third-order valence-corrected chi connectivity index (χ3v) is 4.26. The molecule has 0 unspecified atom stereocenters. The van der Waals surface area contributed by atoms with Crippen molar-refractivity contribution in [3.63, 3.8) is 0 Å². The van der Waals surface area contributed by atoms with E-state index in [9.17, 15) is 4.79 Å². The van der Waals surface area contributed by atoms with Crippen molar-refractivity contribution in [2.45, 2.75) is 13.3 Å². The molecule has 0 aromatic carbocycles. The van der Waals surface area contributed by atoms with Gasteiger partial charge in [0.05, 0.1) is 0 Å². The van der Waals surface area contributed by atoms with Gasteiger partial charge in [-0.3, -0.25) is 9.69 Å². The molecule has 1 aromatic heterocycles. The van der Waals surface area contributed by atoms with Crippen molar-refractivity contribution in [2.75, 3.05) is 39.3 Å². The van der Waals surface area contributed by atoms with Gasteiger partial charge < -0.3 is 10.0 Å². The highest BCUT2D eigenvalue weighted by atomic mass is 32.1. The van der Waals surface area contributed by atoms with Crippen molar-refractivity contribution in [3.05, 3.63) is 21.9 Å². The average molecular weight is 292 g/mol. The fourth-order valence-electron chi connectivity index (χ4n) is 2.34. The summed E-state index contributed by atoms with van der Waals surface area (Å²) in [6, 6.07) is 1.84. The molecule has 0 saturated carbocycles. The Balaban J connectivity index is 2.00. The van der Waals surface area contributed by atoms with E-state index in [1.165, 1.54) is 11.3 Å². The van der Waals surface area contributed by atoms with Gasteiger partial charge in [0.2, 0.25) is 0 Å². The van der Waals surface area contributed by atoms with Crippen molar-refractivity contribution < 1.29 is 9.90 Å². The Bertz CT molecular complexity index is 507. The fraction of sp³-hybridized carbons (Fsp3) is 0.533. The number of hydrogen-bond acceptors (Lipinski definition) is 4. The van der Waals surface area contributed by atoms with Crippen LogP contribution in [0.1, 0.15) is 28.6 Å². The van der Waals surface area contributed by atoms with Gasteiger partial charge in [0.15, 0.2) is 0 Å². The highest BCUT2D eigenvalue weighted by molar-refractivity contribution is 7.12. The standard InChI is InChI=1S/C15H20N2O2S/c1-2-6-16-7-9-17(10-8-16)15(19)14-13(4-3-11-18)5-12-20-14/h5,12,18H,2,6-11H2,1H3. The van der Waals surface area contributed by atoms with E-state index >= 15 is 0 Å². The molecule has 0 spiro atoms. The molecule has 5 heteroatoms. The highest BCUT2D eigenvalue weighted by Gasteiger charge is 2.23. The van der Waals surface area contributed by atoms with Crippen LogP contribution in [0.15, 0.2) is 11.4 Å². The minimum Gasteiger partial charge on any atom is -0.384 e. The maximum atomic E-state index is 12.5. The van der Waals surface area contributed by atoms with E-state index in [1.54, 1.807) is 0 Å². The quantitative estimate of drug-likeness (QED) is 0.853. The summed E-state index contributed by atoms with van der Waals surface area (Å²) in [4.78, 5) is 17.5. The van der Waals surface area contributed by atoms with Gasteiger partial charge >= 0.3 is 0 Å². The van der Waals surface area contributed by atoms with Gasteiger partial charge in [-0.05, 0) is 24.4 Å². The molecule has 1 amide bonds. The minimum atomic E-state index is -0.181. The van der Waals surface area contributed by atoms with Crippen molar-refractivity contribution in [1.29, 1.82) is 0 Å². The summed E-state index contributed by atoms with van der Waals surface area (Å²) in [5.41, 5.74) is 0.727. The third kappa shape index (κ3) is 3.60. The summed E-state index contributed by atoms with van der Waals surface area (Å²) in [5, 5.41) is 10.6. The second kappa shape index (κ2) is 7.44. The first-order valence-electron chi connectivity index (χ1n) is 6.95. The Labute approximate surface area is 124 Å². The maximum absolute atomic E-state index is 12.5. The van der Waals surface area contributed by atoms with Crippen LogP contribution in [-0.2, 0) is 0 Å². The number of amides is 1. The average Bonchev–Trinajstić information content (AvgIpc) is 2.94. The fourth-order valence-corrected chi connectivity index (χ4v) is 3.16. The molecule has 4 nitrogen and oxygen atoms in total. The smallest absolute Gasteiger partial charge is 0.265 e. The summed E-state index contributed by atoms with van der Waals surface area (Å²) in [6.45, 7) is 6.56. The summed E-state index contributed by atoms with van der Waals surface area (Å²) in [5.74, 6) is 5.52. The molecule has 0 bridgehead atoms. The Kier molecular flexibility index (Phi) is 5.60. The Morgan fingerprint density at radius 3 is 2.80 bits per heavy atom. The predicted molar refractivity (Wildman–Crippen MR) is 80.9 cm³/mol. The van der Waals surface area contributed by atoms with E-state index < -0.39 is 0 Å². The summed E-state index contributed by atoms with van der Waals surface area (Å²) in [6.07, 6.45) is 1.15. The first-order valence-corrected chi connectivity index (χ1v) is 7.83. The zero-order valence-corrected chi connectivity index (χ0v) is 12.6. The number of nitrogens with zero attached hydrogens (tertiary/aromatic N) is 2. The van der Waals surface area contributed by atoms with Crippen LogP contribution in [-0.4, -0.2) is 60.1 Å². The lowest BCUT2D eigenvalue weighted by Crippen LogP contribution is -2.48.